The zero-order chi connectivity index (χ0) is 30.2. The molecule has 1 atom stereocenters. The van der Waals surface area contributed by atoms with E-state index in [1.165, 1.54) is 25.7 Å². The zero-order valence-corrected chi connectivity index (χ0v) is 25.5. The summed E-state index contributed by atoms with van der Waals surface area (Å²) in [6.07, 6.45) is 5.23. The number of H-pyrrole nitrogens is 1. The monoisotopic (exact) mass is 569 g/mol. The van der Waals surface area contributed by atoms with Crippen LogP contribution >= 0.6 is 0 Å². The van der Waals surface area contributed by atoms with Gasteiger partial charge in [-0.25, -0.2) is 19.9 Å². The molecule has 0 spiro atoms. The van der Waals surface area contributed by atoms with Crippen molar-refractivity contribution in [3.8, 4) is 0 Å². The second kappa shape index (κ2) is 14.0. The molecule has 41 heavy (non-hydrogen) atoms. The molecule has 4 rings (SSSR count). The van der Waals surface area contributed by atoms with Crippen LogP contribution in [0.3, 0.4) is 0 Å². The van der Waals surface area contributed by atoms with E-state index in [0.717, 1.165) is 68.2 Å². The third-order valence-corrected chi connectivity index (χ3v) is 6.66. The average Bonchev–Trinajstić information content (AvgIpc) is 3.50. The van der Waals surface area contributed by atoms with Crippen molar-refractivity contribution in [1.29, 1.82) is 0 Å². The fraction of sp³-hybridized carbons (Fsp3) is 0.586. The molecule has 0 fully saturated rings. The van der Waals surface area contributed by atoms with Crippen LogP contribution in [0.4, 0.5) is 11.8 Å². The molecule has 226 valence electrons. The largest absolute Gasteiger partial charge is 0.382 e. The summed E-state index contributed by atoms with van der Waals surface area (Å²) in [7, 11) is 1.78. The molecule has 0 aliphatic heterocycles. The van der Waals surface area contributed by atoms with Crippen molar-refractivity contribution >= 4 is 34.0 Å². The van der Waals surface area contributed by atoms with Crippen LogP contribution in [0.2, 0.25) is 0 Å². The van der Waals surface area contributed by atoms with Crippen LogP contribution in [-0.4, -0.2) is 89.8 Å². The molecule has 12 heteroatoms. The van der Waals surface area contributed by atoms with Crippen molar-refractivity contribution in [1.82, 2.24) is 34.4 Å². The number of likely N-dealkylation sites (N-methyl/N-ethyl adjacent to an activating group) is 1. The van der Waals surface area contributed by atoms with Crippen LogP contribution in [0, 0.1) is 0 Å². The number of aromatic nitrogens is 6. The first-order valence-electron chi connectivity index (χ1n) is 14.1. The lowest BCUT2D eigenvalue weighted by Gasteiger charge is -2.26. The molecule has 3 heterocycles. The maximum Gasteiger partial charge on any atom is 0.201 e. The number of imidazole rings is 2. The number of methoxy groups -OCH3 is 1. The quantitative estimate of drug-likeness (QED) is 0.126. The van der Waals surface area contributed by atoms with Crippen molar-refractivity contribution in [3.63, 3.8) is 0 Å². The second-order valence-corrected chi connectivity index (χ2v) is 11.8. The van der Waals surface area contributed by atoms with E-state index < -0.39 is 5.79 Å². The van der Waals surface area contributed by atoms with E-state index in [1.54, 1.807) is 13.4 Å². The van der Waals surface area contributed by atoms with Gasteiger partial charge < -0.3 is 40.5 Å². The number of rotatable bonds is 12. The van der Waals surface area contributed by atoms with Crippen LogP contribution < -0.4 is 11.1 Å². The van der Waals surface area contributed by atoms with Gasteiger partial charge in [-0.05, 0) is 62.9 Å². The lowest BCUT2D eigenvalue weighted by molar-refractivity contribution is -0.127. The number of anilines is 2. The number of nitrogens with two attached hydrogens (primary N) is 1. The SMILES string of the molecule is CC(C)(O)O.CCN(CCCNc1nc2ccc(C(C)(C)C)cc2[nH]1)CC(CCn1cnc2c(N)ncnc21)OC. The van der Waals surface area contributed by atoms with Gasteiger partial charge in [0.05, 0.1) is 23.5 Å². The van der Waals surface area contributed by atoms with Gasteiger partial charge in [-0.15, -0.1) is 0 Å². The topological polar surface area (TPSA) is 163 Å². The minimum Gasteiger partial charge on any atom is -0.382 e. The summed E-state index contributed by atoms with van der Waals surface area (Å²) in [5, 5.41) is 19.6. The molecule has 0 saturated heterocycles. The minimum atomic E-state index is -1.50. The highest BCUT2D eigenvalue weighted by Gasteiger charge is 2.16. The number of fused-ring (bicyclic) bond motifs is 2. The van der Waals surface area contributed by atoms with Crippen molar-refractivity contribution in [3.05, 3.63) is 36.4 Å². The Morgan fingerprint density at radius 3 is 2.54 bits per heavy atom. The minimum absolute atomic E-state index is 0.113. The molecule has 0 aliphatic rings. The van der Waals surface area contributed by atoms with E-state index in [-0.39, 0.29) is 11.5 Å². The van der Waals surface area contributed by atoms with Gasteiger partial charge in [-0.2, -0.15) is 0 Å². The summed E-state index contributed by atoms with van der Waals surface area (Å²) in [5.74, 6) is -0.268. The molecule has 0 saturated carbocycles. The first-order valence-corrected chi connectivity index (χ1v) is 14.1. The van der Waals surface area contributed by atoms with Crippen LogP contribution in [0.1, 0.15) is 59.9 Å². The molecule has 0 bridgehead atoms. The third kappa shape index (κ3) is 9.92. The summed E-state index contributed by atoms with van der Waals surface area (Å²) >= 11 is 0. The number of benzene rings is 1. The summed E-state index contributed by atoms with van der Waals surface area (Å²) < 4.78 is 7.81. The molecule has 1 aromatic carbocycles. The summed E-state index contributed by atoms with van der Waals surface area (Å²) in [6, 6.07) is 6.46. The Kier molecular flexibility index (Phi) is 11.0. The van der Waals surface area contributed by atoms with E-state index in [1.807, 2.05) is 4.57 Å². The standard InChI is InChI=1S/C26H39N9O.C3H8O2/c1-6-34(15-19(36-5)10-13-35-17-31-22-23(27)29-16-30-24(22)35)12-7-11-28-25-32-20-9-8-18(26(2,3)4)14-21(20)33-25;1-3(2,4)5/h8-9,14,16-17,19H,6-7,10-13,15H2,1-5H3,(H2,27,29,30)(H2,28,32,33);4-5H,1-2H3. The van der Waals surface area contributed by atoms with Gasteiger partial charge in [0.25, 0.3) is 0 Å². The third-order valence-electron chi connectivity index (χ3n) is 6.66. The number of hydrogen-bond donors (Lipinski definition) is 5. The number of hydrogen-bond acceptors (Lipinski definition) is 10. The van der Waals surface area contributed by atoms with Crippen molar-refractivity contribution < 1.29 is 14.9 Å². The molecular formula is C29H47N9O3. The molecule has 3 aromatic heterocycles. The predicted octanol–water partition coefficient (Wildman–Crippen LogP) is 3.52. The van der Waals surface area contributed by atoms with E-state index in [4.69, 9.17) is 20.7 Å². The van der Waals surface area contributed by atoms with Gasteiger partial charge in [0.15, 0.2) is 17.3 Å². The number of aromatic amines is 1. The zero-order valence-electron chi connectivity index (χ0n) is 25.5. The smallest absolute Gasteiger partial charge is 0.201 e. The Hall–Kier alpha value is -3.32. The number of nitrogens with one attached hydrogen (secondary N) is 2. The Morgan fingerprint density at radius 2 is 1.88 bits per heavy atom. The Balaban J connectivity index is 0.000000850. The molecule has 1 unspecified atom stereocenters. The fourth-order valence-electron chi connectivity index (χ4n) is 4.36. The van der Waals surface area contributed by atoms with E-state index in [2.05, 4.69) is 81.0 Å². The molecule has 4 aromatic rings. The van der Waals surface area contributed by atoms with Gasteiger partial charge in [-0.3, -0.25) is 0 Å². The van der Waals surface area contributed by atoms with E-state index in [9.17, 15) is 0 Å². The van der Waals surface area contributed by atoms with Crippen LogP contribution in [0.25, 0.3) is 22.2 Å². The van der Waals surface area contributed by atoms with E-state index in [0.29, 0.717) is 11.3 Å². The molecule has 0 amide bonds. The van der Waals surface area contributed by atoms with Crippen LogP contribution in [0.15, 0.2) is 30.9 Å². The lowest BCUT2D eigenvalue weighted by atomic mass is 9.87. The van der Waals surface area contributed by atoms with Gasteiger partial charge in [0.1, 0.15) is 11.8 Å². The number of aliphatic hydroxyl groups is 2. The van der Waals surface area contributed by atoms with Gasteiger partial charge in [0.2, 0.25) is 5.95 Å². The van der Waals surface area contributed by atoms with Crippen LogP contribution in [-0.2, 0) is 16.7 Å². The highest BCUT2D eigenvalue weighted by molar-refractivity contribution is 5.81. The van der Waals surface area contributed by atoms with E-state index >= 15 is 0 Å². The van der Waals surface area contributed by atoms with Crippen molar-refractivity contribution in [2.45, 2.75) is 78.2 Å². The number of nitrogens with zero attached hydrogens (tertiary/aromatic N) is 6. The van der Waals surface area contributed by atoms with Gasteiger partial charge in [-0.1, -0.05) is 33.8 Å². The molecule has 0 radical (unpaired) electrons. The Labute approximate surface area is 242 Å². The average molecular weight is 570 g/mol. The first kappa shape index (κ1) is 32.2. The summed E-state index contributed by atoms with van der Waals surface area (Å²) in [4.78, 5) is 23.2. The number of aryl methyl sites for hydroxylation is 1. The van der Waals surface area contributed by atoms with Gasteiger partial charge >= 0.3 is 0 Å². The highest BCUT2D eigenvalue weighted by atomic mass is 16.5. The lowest BCUT2D eigenvalue weighted by Crippen LogP contribution is -2.35. The Morgan fingerprint density at radius 1 is 1.15 bits per heavy atom. The number of ether oxygens (including phenoxy) is 1. The predicted molar refractivity (Wildman–Crippen MR) is 164 cm³/mol. The Bertz CT molecular complexity index is 1370. The molecule has 12 nitrogen and oxygen atoms in total. The fourth-order valence-corrected chi connectivity index (χ4v) is 4.36. The normalized spacial score (nSPS) is 13.0. The van der Waals surface area contributed by atoms with Crippen molar-refractivity contribution in [2.24, 2.45) is 0 Å². The second-order valence-electron chi connectivity index (χ2n) is 11.8. The maximum atomic E-state index is 8.08. The highest BCUT2D eigenvalue weighted by Crippen LogP contribution is 2.26. The first-order chi connectivity index (χ1) is 19.3. The van der Waals surface area contributed by atoms with Crippen LogP contribution in [0.5, 0.6) is 0 Å². The maximum absolute atomic E-state index is 8.08. The summed E-state index contributed by atoms with van der Waals surface area (Å²) in [5.41, 5.74) is 10.8. The van der Waals surface area contributed by atoms with Gasteiger partial charge in [0, 0.05) is 26.7 Å². The van der Waals surface area contributed by atoms with Crippen molar-refractivity contribution in [2.75, 3.05) is 44.3 Å². The molecule has 0 aliphatic carbocycles. The summed E-state index contributed by atoms with van der Waals surface area (Å²) in [6.45, 7) is 15.9. The molecular weight excluding hydrogens is 522 g/mol. The molecule has 6 N–H and O–H groups in total. The number of nitrogen functional groups attached to an aromatic ring is 1.